The molecule has 2 N–H and O–H groups in total. The molecule has 0 amide bonds. The number of anilines is 1. The van der Waals surface area contributed by atoms with Crippen molar-refractivity contribution in [2.24, 2.45) is 5.92 Å². The van der Waals surface area contributed by atoms with Crippen LogP contribution in [0.15, 0.2) is 24.3 Å². The molecule has 3 nitrogen and oxygen atoms in total. The third-order valence-corrected chi connectivity index (χ3v) is 4.39. The van der Waals surface area contributed by atoms with Crippen LogP contribution in [-0.4, -0.2) is 41.8 Å². The summed E-state index contributed by atoms with van der Waals surface area (Å²) in [6, 6.07) is 6.39. The summed E-state index contributed by atoms with van der Waals surface area (Å²) in [6.07, 6.45) is 2.27. The highest BCUT2D eigenvalue weighted by Gasteiger charge is 2.46. The molecule has 3 aliphatic heterocycles. The van der Waals surface area contributed by atoms with E-state index >= 15 is 0 Å². The van der Waals surface area contributed by atoms with Crippen molar-refractivity contribution in [1.82, 2.24) is 4.90 Å². The second-order valence-corrected chi connectivity index (χ2v) is 5.50. The molecule has 1 atom stereocenters. The van der Waals surface area contributed by atoms with E-state index in [2.05, 4.69) is 10.2 Å². The van der Waals surface area contributed by atoms with Crippen molar-refractivity contribution in [3.8, 4) is 0 Å². The molecule has 98 valence electrons. The molecule has 3 saturated heterocycles. The van der Waals surface area contributed by atoms with Gasteiger partial charge >= 0.3 is 0 Å². The maximum atomic E-state index is 12.9. The fraction of sp³-hybridized carbons (Fsp3) is 0.571. The lowest BCUT2D eigenvalue weighted by molar-refractivity contribution is 0.00917. The SMILES string of the molecule is OCC1(Nc2ccc(F)cc2)CN2CCC1CC2. The number of fused-ring (bicyclic) bond motifs is 3. The number of rotatable bonds is 3. The predicted molar refractivity (Wildman–Crippen MR) is 69.0 cm³/mol. The summed E-state index contributed by atoms with van der Waals surface area (Å²) in [5, 5.41) is 13.3. The van der Waals surface area contributed by atoms with Crippen molar-refractivity contribution in [1.29, 1.82) is 0 Å². The van der Waals surface area contributed by atoms with Crippen LogP contribution in [0.1, 0.15) is 12.8 Å². The van der Waals surface area contributed by atoms with Crippen LogP contribution in [-0.2, 0) is 0 Å². The highest BCUT2D eigenvalue weighted by molar-refractivity contribution is 5.46. The molecule has 18 heavy (non-hydrogen) atoms. The zero-order chi connectivity index (χ0) is 12.6. The van der Waals surface area contributed by atoms with Crippen LogP contribution in [0.5, 0.6) is 0 Å². The lowest BCUT2D eigenvalue weighted by Crippen LogP contribution is -2.64. The van der Waals surface area contributed by atoms with Crippen molar-refractivity contribution < 1.29 is 9.50 Å². The van der Waals surface area contributed by atoms with E-state index in [9.17, 15) is 9.50 Å². The van der Waals surface area contributed by atoms with Crippen molar-refractivity contribution in [2.75, 3.05) is 31.6 Å². The maximum absolute atomic E-state index is 12.9. The zero-order valence-electron chi connectivity index (χ0n) is 10.4. The Morgan fingerprint density at radius 1 is 1.28 bits per heavy atom. The van der Waals surface area contributed by atoms with Gasteiger partial charge in [0.15, 0.2) is 0 Å². The molecule has 2 bridgehead atoms. The van der Waals surface area contributed by atoms with Gasteiger partial charge in [0.2, 0.25) is 0 Å². The van der Waals surface area contributed by atoms with Gasteiger partial charge in [0, 0.05) is 12.2 Å². The molecule has 4 rings (SSSR count). The number of aliphatic hydroxyl groups excluding tert-OH is 1. The molecule has 3 fully saturated rings. The number of nitrogens with one attached hydrogen (secondary N) is 1. The summed E-state index contributed by atoms with van der Waals surface area (Å²) >= 11 is 0. The Kier molecular flexibility index (Phi) is 2.99. The van der Waals surface area contributed by atoms with Crippen LogP contribution in [0, 0.1) is 11.7 Å². The van der Waals surface area contributed by atoms with Crippen molar-refractivity contribution in [2.45, 2.75) is 18.4 Å². The van der Waals surface area contributed by atoms with E-state index in [0.717, 1.165) is 38.2 Å². The van der Waals surface area contributed by atoms with Gasteiger partial charge in [-0.2, -0.15) is 0 Å². The van der Waals surface area contributed by atoms with Crippen molar-refractivity contribution >= 4 is 5.69 Å². The van der Waals surface area contributed by atoms with E-state index in [1.54, 1.807) is 12.1 Å². The standard InChI is InChI=1S/C14H19FN2O/c15-12-1-3-13(4-2-12)16-14(10-18)9-17-7-5-11(14)6-8-17/h1-4,11,16,18H,5-10H2. The first-order chi connectivity index (χ1) is 8.72. The average Bonchev–Trinajstić information content (AvgIpc) is 2.43. The van der Waals surface area contributed by atoms with Crippen LogP contribution in [0.3, 0.4) is 0 Å². The summed E-state index contributed by atoms with van der Waals surface area (Å²) in [6.45, 7) is 3.28. The van der Waals surface area contributed by atoms with E-state index in [1.807, 2.05) is 0 Å². The van der Waals surface area contributed by atoms with E-state index < -0.39 is 0 Å². The van der Waals surface area contributed by atoms with E-state index in [4.69, 9.17) is 0 Å². The number of hydrogen-bond acceptors (Lipinski definition) is 3. The molecule has 4 heteroatoms. The van der Waals surface area contributed by atoms with Gasteiger partial charge in [-0.05, 0) is 56.1 Å². The monoisotopic (exact) mass is 250 g/mol. The minimum atomic E-state index is -0.256. The number of nitrogens with zero attached hydrogens (tertiary/aromatic N) is 1. The highest BCUT2D eigenvalue weighted by atomic mass is 19.1. The normalized spacial score (nSPS) is 34.6. The minimum Gasteiger partial charge on any atom is -0.394 e. The van der Waals surface area contributed by atoms with Crippen LogP contribution < -0.4 is 5.32 Å². The number of benzene rings is 1. The van der Waals surface area contributed by atoms with Gasteiger partial charge in [-0.25, -0.2) is 4.39 Å². The Balaban J connectivity index is 1.82. The molecule has 0 aromatic heterocycles. The summed E-state index contributed by atoms with van der Waals surface area (Å²) in [5.74, 6) is 0.282. The van der Waals surface area contributed by atoms with Gasteiger partial charge in [0.05, 0.1) is 12.1 Å². The molecule has 3 aliphatic rings. The van der Waals surface area contributed by atoms with Gasteiger partial charge in [0.25, 0.3) is 0 Å². The summed E-state index contributed by atoms with van der Waals surface area (Å²) in [5.41, 5.74) is 0.633. The van der Waals surface area contributed by atoms with Gasteiger partial charge in [-0.1, -0.05) is 0 Å². The topological polar surface area (TPSA) is 35.5 Å². The Labute approximate surface area is 107 Å². The minimum absolute atomic E-state index is 0.130. The molecule has 1 aromatic carbocycles. The lowest BCUT2D eigenvalue weighted by Gasteiger charge is -2.53. The third-order valence-electron chi connectivity index (χ3n) is 4.39. The van der Waals surface area contributed by atoms with Crippen LogP contribution in [0.25, 0.3) is 0 Å². The Morgan fingerprint density at radius 3 is 2.44 bits per heavy atom. The first-order valence-electron chi connectivity index (χ1n) is 6.59. The molecule has 3 heterocycles. The highest BCUT2D eigenvalue weighted by Crippen LogP contribution is 2.37. The van der Waals surface area contributed by atoms with Crippen molar-refractivity contribution in [3.05, 3.63) is 30.1 Å². The number of piperidine rings is 3. The van der Waals surface area contributed by atoms with Gasteiger partial charge < -0.3 is 15.3 Å². The van der Waals surface area contributed by atoms with E-state index in [1.165, 1.54) is 12.1 Å². The number of aliphatic hydroxyl groups is 1. The Morgan fingerprint density at radius 2 is 1.94 bits per heavy atom. The number of halogens is 1. The van der Waals surface area contributed by atoms with Gasteiger partial charge in [0.1, 0.15) is 5.82 Å². The Bertz CT molecular complexity index is 414. The zero-order valence-corrected chi connectivity index (χ0v) is 10.4. The quantitative estimate of drug-likeness (QED) is 0.857. The first kappa shape index (κ1) is 11.9. The van der Waals surface area contributed by atoms with Crippen molar-refractivity contribution in [3.63, 3.8) is 0 Å². The fourth-order valence-corrected chi connectivity index (χ4v) is 3.35. The Hall–Kier alpha value is -1.13. The summed E-state index contributed by atoms with van der Waals surface area (Å²) in [4.78, 5) is 2.40. The molecule has 0 radical (unpaired) electrons. The fourth-order valence-electron chi connectivity index (χ4n) is 3.35. The average molecular weight is 250 g/mol. The van der Waals surface area contributed by atoms with Gasteiger partial charge in [-0.3, -0.25) is 0 Å². The molecule has 1 unspecified atom stereocenters. The first-order valence-corrected chi connectivity index (χ1v) is 6.59. The molecular formula is C14H19FN2O. The maximum Gasteiger partial charge on any atom is 0.123 e. The smallest absolute Gasteiger partial charge is 0.123 e. The van der Waals surface area contributed by atoms with E-state index in [0.29, 0.717) is 5.92 Å². The predicted octanol–water partition coefficient (Wildman–Crippen LogP) is 1.69. The van der Waals surface area contributed by atoms with Crippen LogP contribution in [0.4, 0.5) is 10.1 Å². The molecule has 1 aromatic rings. The molecule has 0 aliphatic carbocycles. The third kappa shape index (κ3) is 1.99. The second kappa shape index (κ2) is 4.52. The number of hydrogen-bond donors (Lipinski definition) is 2. The molecule has 0 spiro atoms. The lowest BCUT2D eigenvalue weighted by atomic mass is 9.73. The van der Waals surface area contributed by atoms with Crippen LogP contribution >= 0.6 is 0 Å². The summed E-state index contributed by atoms with van der Waals surface area (Å²) in [7, 11) is 0. The van der Waals surface area contributed by atoms with Crippen LogP contribution in [0.2, 0.25) is 0 Å². The van der Waals surface area contributed by atoms with Gasteiger partial charge in [-0.15, -0.1) is 0 Å². The largest absolute Gasteiger partial charge is 0.394 e. The second-order valence-electron chi connectivity index (χ2n) is 5.50. The molecular weight excluding hydrogens is 231 g/mol. The summed E-state index contributed by atoms with van der Waals surface area (Å²) < 4.78 is 12.9. The van der Waals surface area contributed by atoms with E-state index in [-0.39, 0.29) is 18.0 Å². The molecule has 0 saturated carbocycles.